The van der Waals surface area contributed by atoms with Crippen LogP contribution in [-0.2, 0) is 0 Å². The number of rotatable bonds is 4. The van der Waals surface area contributed by atoms with Gasteiger partial charge in [-0.3, -0.25) is 4.90 Å². The van der Waals surface area contributed by atoms with Crippen LogP contribution >= 0.6 is 11.8 Å². The first kappa shape index (κ1) is 14.4. The molecule has 2 aliphatic heterocycles. The van der Waals surface area contributed by atoms with Crippen molar-refractivity contribution in [3.05, 3.63) is 35.3 Å². The number of allylic oxidation sites excluding steroid dienone is 3. The molecule has 0 amide bonds. The Labute approximate surface area is 127 Å². The molecular weight excluding hydrogens is 264 g/mol. The summed E-state index contributed by atoms with van der Waals surface area (Å²) in [7, 11) is 0. The maximum absolute atomic E-state index is 3.48. The topological polar surface area (TPSA) is 15.3 Å². The molecule has 0 spiro atoms. The van der Waals surface area contributed by atoms with Crippen LogP contribution in [-0.4, -0.2) is 42.4 Å². The monoisotopic (exact) mass is 290 g/mol. The summed E-state index contributed by atoms with van der Waals surface area (Å²) in [4.78, 5) is 2.70. The van der Waals surface area contributed by atoms with E-state index >= 15 is 0 Å². The van der Waals surface area contributed by atoms with Crippen LogP contribution in [0.1, 0.15) is 26.2 Å². The Kier molecular flexibility index (Phi) is 5.03. The van der Waals surface area contributed by atoms with E-state index in [0.29, 0.717) is 11.3 Å². The lowest BCUT2D eigenvalue weighted by atomic mass is 9.89. The van der Waals surface area contributed by atoms with Crippen LogP contribution in [0.25, 0.3) is 0 Å². The Balaban J connectivity index is 1.75. The van der Waals surface area contributed by atoms with Gasteiger partial charge < -0.3 is 5.32 Å². The average Bonchev–Trinajstić information content (AvgIpc) is 3.03. The molecule has 0 aromatic rings. The fourth-order valence-corrected chi connectivity index (χ4v) is 4.55. The minimum Gasteiger partial charge on any atom is -0.314 e. The summed E-state index contributed by atoms with van der Waals surface area (Å²) in [6.07, 6.45) is 13.4. The van der Waals surface area contributed by atoms with Gasteiger partial charge in [-0.2, -0.15) is 0 Å². The van der Waals surface area contributed by atoms with Crippen LogP contribution in [0.5, 0.6) is 0 Å². The van der Waals surface area contributed by atoms with E-state index in [1.807, 2.05) is 11.8 Å². The summed E-state index contributed by atoms with van der Waals surface area (Å²) in [5.74, 6) is 0.761. The smallest absolute Gasteiger partial charge is 0.0470 e. The molecule has 0 radical (unpaired) electrons. The molecule has 2 nitrogen and oxygen atoms in total. The molecule has 3 heteroatoms. The fraction of sp³-hybridized carbons (Fsp3) is 0.647. The van der Waals surface area contributed by atoms with Gasteiger partial charge in [0.2, 0.25) is 0 Å². The Hall–Kier alpha value is -0.510. The van der Waals surface area contributed by atoms with Gasteiger partial charge >= 0.3 is 0 Å². The second kappa shape index (κ2) is 6.97. The van der Waals surface area contributed by atoms with Gasteiger partial charge in [0.15, 0.2) is 0 Å². The second-order valence-corrected chi connectivity index (χ2v) is 7.13. The van der Waals surface area contributed by atoms with Crippen molar-refractivity contribution in [1.82, 2.24) is 10.2 Å². The minimum absolute atomic E-state index is 0.603. The molecule has 20 heavy (non-hydrogen) atoms. The van der Waals surface area contributed by atoms with Crippen molar-refractivity contribution in [2.45, 2.75) is 37.5 Å². The van der Waals surface area contributed by atoms with Gasteiger partial charge in [0.1, 0.15) is 0 Å². The number of nitrogens with zero attached hydrogens (tertiary/aromatic N) is 1. The fourth-order valence-electron chi connectivity index (χ4n) is 3.43. The zero-order valence-electron chi connectivity index (χ0n) is 12.4. The molecule has 2 heterocycles. The summed E-state index contributed by atoms with van der Waals surface area (Å²) in [6.45, 7) is 6.93. The van der Waals surface area contributed by atoms with Crippen molar-refractivity contribution in [3.8, 4) is 0 Å². The van der Waals surface area contributed by atoms with Gasteiger partial charge in [-0.25, -0.2) is 0 Å². The quantitative estimate of drug-likeness (QED) is 0.856. The van der Waals surface area contributed by atoms with E-state index < -0.39 is 0 Å². The largest absolute Gasteiger partial charge is 0.314 e. The number of hydrogen-bond acceptors (Lipinski definition) is 3. The Morgan fingerprint density at radius 2 is 2.20 bits per heavy atom. The average molecular weight is 290 g/mol. The van der Waals surface area contributed by atoms with Crippen LogP contribution in [0, 0.1) is 5.92 Å². The van der Waals surface area contributed by atoms with Gasteiger partial charge in [0, 0.05) is 37.5 Å². The van der Waals surface area contributed by atoms with Crippen molar-refractivity contribution in [2.75, 3.05) is 26.2 Å². The van der Waals surface area contributed by atoms with Crippen LogP contribution in [0.2, 0.25) is 0 Å². The predicted octanol–water partition coefficient (Wildman–Crippen LogP) is 3.19. The third kappa shape index (κ3) is 3.21. The SMILES string of the molecule is CC[C@@H]1C=CC(C(C2CC=CS2)N2CCNCC2)=CC1. The maximum Gasteiger partial charge on any atom is 0.0470 e. The van der Waals surface area contributed by atoms with E-state index in [9.17, 15) is 0 Å². The summed E-state index contributed by atoms with van der Waals surface area (Å²) in [5, 5.41) is 6.48. The molecule has 3 atom stereocenters. The summed E-state index contributed by atoms with van der Waals surface area (Å²) in [6, 6.07) is 0.603. The molecule has 1 fully saturated rings. The van der Waals surface area contributed by atoms with Gasteiger partial charge in [-0.15, -0.1) is 11.8 Å². The first-order chi connectivity index (χ1) is 9.88. The number of nitrogens with one attached hydrogen (secondary N) is 1. The van der Waals surface area contributed by atoms with E-state index in [4.69, 9.17) is 0 Å². The Morgan fingerprint density at radius 1 is 1.35 bits per heavy atom. The third-order valence-corrected chi connectivity index (χ3v) is 5.85. The molecule has 1 aliphatic carbocycles. The van der Waals surface area contributed by atoms with Crippen LogP contribution in [0.3, 0.4) is 0 Å². The molecule has 1 saturated heterocycles. The highest BCUT2D eigenvalue weighted by Crippen LogP contribution is 2.35. The van der Waals surface area contributed by atoms with Crippen molar-refractivity contribution in [2.24, 2.45) is 5.92 Å². The van der Waals surface area contributed by atoms with Crippen LogP contribution < -0.4 is 5.32 Å². The molecule has 2 unspecified atom stereocenters. The van der Waals surface area contributed by atoms with Crippen LogP contribution in [0.4, 0.5) is 0 Å². The van der Waals surface area contributed by atoms with Gasteiger partial charge in [-0.1, -0.05) is 31.2 Å². The maximum atomic E-state index is 3.48. The third-order valence-electron chi connectivity index (χ3n) is 4.70. The highest BCUT2D eigenvalue weighted by Gasteiger charge is 2.32. The van der Waals surface area contributed by atoms with Gasteiger partial charge in [-0.05, 0) is 36.2 Å². The summed E-state index contributed by atoms with van der Waals surface area (Å²) < 4.78 is 0. The standard InChI is InChI=1S/C17H26N2S/c1-2-14-5-7-15(8-6-14)17(16-4-3-13-20-16)19-11-9-18-10-12-19/h3,5,7-8,13-14,16-18H,2,4,6,9-12H2,1H3/t14-,16?,17?/m1/s1. The molecule has 0 aromatic heterocycles. The van der Waals surface area contributed by atoms with Gasteiger partial charge in [0.05, 0.1) is 0 Å². The van der Waals surface area contributed by atoms with E-state index in [1.54, 1.807) is 5.57 Å². The molecule has 0 bridgehead atoms. The van der Waals surface area contributed by atoms with Crippen molar-refractivity contribution in [3.63, 3.8) is 0 Å². The van der Waals surface area contributed by atoms with Crippen molar-refractivity contribution < 1.29 is 0 Å². The number of thioether (sulfide) groups is 1. The van der Waals surface area contributed by atoms with E-state index in [2.05, 4.69) is 46.9 Å². The predicted molar refractivity (Wildman–Crippen MR) is 89.0 cm³/mol. The lowest BCUT2D eigenvalue weighted by Crippen LogP contribution is -2.52. The zero-order chi connectivity index (χ0) is 13.8. The lowest BCUT2D eigenvalue weighted by Gasteiger charge is -2.39. The van der Waals surface area contributed by atoms with Crippen molar-refractivity contribution in [1.29, 1.82) is 0 Å². The highest BCUT2D eigenvalue weighted by molar-refractivity contribution is 8.03. The van der Waals surface area contributed by atoms with E-state index in [0.717, 1.165) is 19.0 Å². The van der Waals surface area contributed by atoms with E-state index in [1.165, 1.54) is 32.4 Å². The molecule has 0 saturated carbocycles. The highest BCUT2D eigenvalue weighted by atomic mass is 32.2. The molecule has 1 N–H and O–H groups in total. The zero-order valence-corrected chi connectivity index (χ0v) is 13.2. The second-order valence-electron chi connectivity index (χ2n) is 5.98. The van der Waals surface area contributed by atoms with E-state index in [-0.39, 0.29) is 0 Å². The molecule has 0 aromatic carbocycles. The number of piperazine rings is 1. The molecule has 3 aliphatic rings. The molecular formula is C17H26N2S. The molecule has 110 valence electrons. The first-order valence-electron chi connectivity index (χ1n) is 8.02. The summed E-state index contributed by atoms with van der Waals surface area (Å²) in [5.41, 5.74) is 1.57. The van der Waals surface area contributed by atoms with Gasteiger partial charge in [0.25, 0.3) is 0 Å². The first-order valence-corrected chi connectivity index (χ1v) is 8.96. The summed E-state index contributed by atoms with van der Waals surface area (Å²) >= 11 is 2.03. The number of hydrogen-bond donors (Lipinski definition) is 1. The van der Waals surface area contributed by atoms with Crippen molar-refractivity contribution >= 4 is 11.8 Å². The normalized spacial score (nSPS) is 32.4. The Morgan fingerprint density at radius 3 is 2.80 bits per heavy atom. The lowest BCUT2D eigenvalue weighted by molar-refractivity contribution is 0.193. The Bertz CT molecular complexity index is 399. The minimum atomic E-state index is 0.603. The van der Waals surface area contributed by atoms with Crippen LogP contribution in [0.15, 0.2) is 35.3 Å². The molecule has 3 rings (SSSR count).